The summed E-state index contributed by atoms with van der Waals surface area (Å²) in [4.78, 5) is 0. The molecule has 21 heavy (non-hydrogen) atoms. The Bertz CT molecular complexity index is 613. The molecule has 1 aromatic carbocycles. The molecule has 112 valence electrons. The summed E-state index contributed by atoms with van der Waals surface area (Å²) in [6.07, 6.45) is 4.22. The lowest BCUT2D eigenvalue weighted by Crippen LogP contribution is -2.31. The van der Waals surface area contributed by atoms with Crippen molar-refractivity contribution in [3.63, 3.8) is 0 Å². The maximum Gasteiger partial charge on any atom is 0.0546 e. The third-order valence-electron chi connectivity index (χ3n) is 3.84. The van der Waals surface area contributed by atoms with Gasteiger partial charge in [0.1, 0.15) is 0 Å². The number of benzene rings is 1. The Morgan fingerprint density at radius 1 is 1.14 bits per heavy atom. The fraction of sp³-hybridized carbons (Fsp3) is 0.421. The van der Waals surface area contributed by atoms with Crippen molar-refractivity contribution in [2.24, 2.45) is 11.0 Å². The number of rotatable bonds is 3. The second-order valence-corrected chi connectivity index (χ2v) is 6.91. The van der Waals surface area contributed by atoms with E-state index >= 15 is 0 Å². The molecule has 1 atom stereocenters. The van der Waals surface area contributed by atoms with Crippen LogP contribution in [0.1, 0.15) is 52.7 Å². The lowest BCUT2D eigenvalue weighted by molar-refractivity contribution is 0.442. The number of hydrogen-bond acceptors (Lipinski definition) is 2. The molecule has 1 aromatic rings. The molecule has 2 rings (SSSR count). The minimum absolute atomic E-state index is 0.0145. The van der Waals surface area contributed by atoms with Crippen molar-refractivity contribution in [2.75, 3.05) is 0 Å². The Labute approximate surface area is 128 Å². The number of hydrogen-bond donors (Lipinski definition) is 1. The van der Waals surface area contributed by atoms with Crippen LogP contribution < -0.4 is 5.43 Å². The topological polar surface area (TPSA) is 24.4 Å². The first-order valence-corrected chi connectivity index (χ1v) is 7.58. The summed E-state index contributed by atoms with van der Waals surface area (Å²) in [5.41, 5.74) is 9.82. The molecule has 0 amide bonds. The molecule has 0 fully saturated rings. The van der Waals surface area contributed by atoms with E-state index in [9.17, 15) is 0 Å². The largest absolute Gasteiger partial charge is 0.305 e. The van der Waals surface area contributed by atoms with Crippen molar-refractivity contribution in [2.45, 2.75) is 47.1 Å². The number of allylic oxidation sites excluding steroid dienone is 4. The van der Waals surface area contributed by atoms with Crippen LogP contribution in [0.15, 0.2) is 46.6 Å². The van der Waals surface area contributed by atoms with E-state index in [2.05, 4.69) is 82.4 Å². The number of nitrogens with zero attached hydrogens (tertiary/aromatic N) is 1. The van der Waals surface area contributed by atoms with Gasteiger partial charge in [-0.1, -0.05) is 42.8 Å². The lowest BCUT2D eigenvalue weighted by atomic mass is 9.89. The van der Waals surface area contributed by atoms with Gasteiger partial charge in [0, 0.05) is 17.0 Å². The van der Waals surface area contributed by atoms with Gasteiger partial charge in [0.15, 0.2) is 0 Å². The molecule has 0 spiro atoms. The maximum absolute atomic E-state index is 4.40. The van der Waals surface area contributed by atoms with Gasteiger partial charge in [0.2, 0.25) is 0 Å². The van der Waals surface area contributed by atoms with Crippen LogP contribution in [-0.4, -0.2) is 11.8 Å². The Balaban J connectivity index is 2.33. The van der Waals surface area contributed by atoms with Gasteiger partial charge in [-0.2, -0.15) is 5.10 Å². The summed E-state index contributed by atoms with van der Waals surface area (Å²) in [6.45, 7) is 13.0. The van der Waals surface area contributed by atoms with Crippen LogP contribution in [-0.2, 0) is 0 Å². The van der Waals surface area contributed by atoms with Gasteiger partial charge < -0.3 is 5.43 Å². The highest BCUT2D eigenvalue weighted by atomic mass is 15.3. The van der Waals surface area contributed by atoms with Gasteiger partial charge in [-0.05, 0) is 51.3 Å². The molecule has 0 bridgehead atoms. The monoisotopic (exact) mass is 282 g/mol. The molecule has 0 radical (unpaired) electrons. The minimum atomic E-state index is -0.0145. The maximum atomic E-state index is 4.40. The van der Waals surface area contributed by atoms with Gasteiger partial charge in [-0.15, -0.1) is 0 Å². The SMILES string of the molecule is CC1=CC(C)=C(c2ccccc2/C=N/NC(C)(C)C)C1C. The van der Waals surface area contributed by atoms with Crippen molar-refractivity contribution in [3.05, 3.63) is 52.6 Å². The van der Waals surface area contributed by atoms with E-state index in [1.165, 1.54) is 27.8 Å². The summed E-state index contributed by atoms with van der Waals surface area (Å²) in [5.74, 6) is 0.482. The van der Waals surface area contributed by atoms with Crippen molar-refractivity contribution >= 4 is 11.8 Å². The highest BCUT2D eigenvalue weighted by Crippen LogP contribution is 2.38. The van der Waals surface area contributed by atoms with Gasteiger partial charge in [-0.3, -0.25) is 0 Å². The molecule has 0 heterocycles. The molecule has 1 unspecified atom stereocenters. The molecule has 0 saturated heterocycles. The van der Waals surface area contributed by atoms with E-state index < -0.39 is 0 Å². The van der Waals surface area contributed by atoms with E-state index in [4.69, 9.17) is 0 Å². The predicted molar refractivity (Wildman–Crippen MR) is 92.4 cm³/mol. The first kappa shape index (κ1) is 15.6. The van der Waals surface area contributed by atoms with Crippen LogP contribution in [0.4, 0.5) is 0 Å². The standard InChI is InChI=1S/C19H26N2/c1-13-11-14(2)18(15(13)3)17-10-8-7-9-16(17)12-20-21-19(4,5)6/h7-12,15,21H,1-6H3/b20-12+. The zero-order valence-electron chi connectivity index (χ0n) is 14.0. The van der Waals surface area contributed by atoms with Gasteiger partial charge >= 0.3 is 0 Å². The van der Waals surface area contributed by atoms with Crippen LogP contribution in [0.3, 0.4) is 0 Å². The highest BCUT2D eigenvalue weighted by Gasteiger charge is 2.22. The van der Waals surface area contributed by atoms with E-state index in [0.29, 0.717) is 5.92 Å². The molecule has 2 nitrogen and oxygen atoms in total. The van der Waals surface area contributed by atoms with Crippen LogP contribution in [0.5, 0.6) is 0 Å². The van der Waals surface area contributed by atoms with Crippen molar-refractivity contribution in [3.8, 4) is 0 Å². The van der Waals surface area contributed by atoms with E-state index in [0.717, 1.165) is 0 Å². The van der Waals surface area contributed by atoms with E-state index in [1.54, 1.807) is 0 Å². The second-order valence-electron chi connectivity index (χ2n) is 6.91. The zero-order chi connectivity index (χ0) is 15.6. The zero-order valence-corrected chi connectivity index (χ0v) is 14.0. The van der Waals surface area contributed by atoms with Crippen LogP contribution in [0.25, 0.3) is 5.57 Å². The summed E-state index contributed by atoms with van der Waals surface area (Å²) in [6, 6.07) is 8.49. The molecule has 0 saturated carbocycles. The van der Waals surface area contributed by atoms with Crippen molar-refractivity contribution in [1.82, 2.24) is 5.43 Å². The van der Waals surface area contributed by atoms with Crippen LogP contribution in [0, 0.1) is 5.92 Å². The minimum Gasteiger partial charge on any atom is -0.305 e. The quantitative estimate of drug-likeness (QED) is 0.626. The average Bonchev–Trinajstić information content (AvgIpc) is 2.63. The summed E-state index contributed by atoms with van der Waals surface area (Å²) < 4.78 is 0. The van der Waals surface area contributed by atoms with Crippen molar-refractivity contribution < 1.29 is 0 Å². The lowest BCUT2D eigenvalue weighted by Gasteiger charge is -2.18. The molecule has 0 aliphatic heterocycles. The second kappa shape index (κ2) is 5.88. The van der Waals surface area contributed by atoms with Gasteiger partial charge in [0.05, 0.1) is 6.21 Å². The Morgan fingerprint density at radius 3 is 2.38 bits per heavy atom. The predicted octanol–water partition coefficient (Wildman–Crippen LogP) is 4.78. The number of nitrogens with one attached hydrogen (secondary N) is 1. The smallest absolute Gasteiger partial charge is 0.0546 e. The molecular formula is C19H26N2. The fourth-order valence-corrected chi connectivity index (χ4v) is 2.71. The molecule has 2 heteroatoms. The highest BCUT2D eigenvalue weighted by molar-refractivity contribution is 5.91. The first-order valence-electron chi connectivity index (χ1n) is 7.58. The normalized spacial score (nSPS) is 19.3. The Hall–Kier alpha value is -1.83. The van der Waals surface area contributed by atoms with E-state index in [-0.39, 0.29) is 5.54 Å². The number of hydrazone groups is 1. The van der Waals surface area contributed by atoms with Crippen LogP contribution >= 0.6 is 0 Å². The average molecular weight is 282 g/mol. The molecule has 1 N–H and O–H groups in total. The fourth-order valence-electron chi connectivity index (χ4n) is 2.71. The van der Waals surface area contributed by atoms with Crippen LogP contribution in [0.2, 0.25) is 0 Å². The molecule has 1 aliphatic rings. The summed E-state index contributed by atoms with van der Waals surface area (Å²) >= 11 is 0. The molecule has 0 aromatic heterocycles. The molecular weight excluding hydrogens is 256 g/mol. The summed E-state index contributed by atoms with van der Waals surface area (Å²) in [7, 11) is 0. The summed E-state index contributed by atoms with van der Waals surface area (Å²) in [5, 5.41) is 4.40. The Kier molecular flexibility index (Phi) is 4.36. The third kappa shape index (κ3) is 3.63. The Morgan fingerprint density at radius 2 is 1.81 bits per heavy atom. The van der Waals surface area contributed by atoms with Gasteiger partial charge in [0.25, 0.3) is 0 Å². The third-order valence-corrected chi connectivity index (χ3v) is 3.84. The van der Waals surface area contributed by atoms with Gasteiger partial charge in [-0.25, -0.2) is 0 Å². The van der Waals surface area contributed by atoms with E-state index in [1.807, 2.05) is 6.21 Å². The first-order chi connectivity index (χ1) is 9.79. The van der Waals surface area contributed by atoms with Crippen molar-refractivity contribution in [1.29, 1.82) is 0 Å². The molecule has 1 aliphatic carbocycles.